The van der Waals surface area contributed by atoms with Crippen molar-refractivity contribution in [2.24, 2.45) is 0 Å². The van der Waals surface area contributed by atoms with Crippen LogP contribution in [0.15, 0.2) is 41.0 Å². The van der Waals surface area contributed by atoms with Gasteiger partial charge < -0.3 is 13.9 Å². The molecule has 1 heterocycles. The van der Waals surface area contributed by atoms with Crippen LogP contribution in [0.25, 0.3) is 0 Å². The first-order chi connectivity index (χ1) is 8.20. The number of methoxy groups -OCH3 is 1. The van der Waals surface area contributed by atoms with Crippen molar-refractivity contribution in [2.45, 2.75) is 6.92 Å². The first-order valence-electron chi connectivity index (χ1n) is 5.11. The lowest BCUT2D eigenvalue weighted by Gasteiger charge is -2.04. The van der Waals surface area contributed by atoms with Crippen LogP contribution >= 0.6 is 0 Å². The average molecular weight is 232 g/mol. The van der Waals surface area contributed by atoms with Crippen molar-refractivity contribution < 1.29 is 18.7 Å². The number of hydrogen-bond donors (Lipinski definition) is 0. The number of rotatable bonds is 3. The summed E-state index contributed by atoms with van der Waals surface area (Å²) in [5.41, 5.74) is 0.431. The molecule has 0 saturated heterocycles. The molecule has 0 spiro atoms. The van der Waals surface area contributed by atoms with E-state index in [1.807, 2.05) is 0 Å². The Bertz CT molecular complexity index is 510. The van der Waals surface area contributed by atoms with Crippen molar-refractivity contribution in [3.63, 3.8) is 0 Å². The standard InChI is InChI=1S/C13H12O4/c1-9-12(7-8-16-9)13(14)17-11-5-3-10(15-2)4-6-11/h3-8H,1-2H3. The van der Waals surface area contributed by atoms with Gasteiger partial charge in [0.05, 0.1) is 13.4 Å². The smallest absolute Gasteiger partial charge is 0.347 e. The molecule has 0 atom stereocenters. The lowest BCUT2D eigenvalue weighted by molar-refractivity contribution is 0.0733. The van der Waals surface area contributed by atoms with E-state index in [1.54, 1.807) is 44.4 Å². The van der Waals surface area contributed by atoms with E-state index in [0.717, 1.165) is 0 Å². The molecule has 2 rings (SSSR count). The molecule has 0 radical (unpaired) electrons. The Morgan fingerprint density at radius 3 is 2.29 bits per heavy atom. The second-order valence-corrected chi connectivity index (χ2v) is 3.46. The molecule has 4 nitrogen and oxygen atoms in total. The molecule has 1 aromatic carbocycles. The Morgan fingerprint density at radius 1 is 1.12 bits per heavy atom. The van der Waals surface area contributed by atoms with Crippen molar-refractivity contribution in [1.82, 2.24) is 0 Å². The maximum absolute atomic E-state index is 11.7. The monoisotopic (exact) mass is 232 g/mol. The molecule has 0 amide bonds. The van der Waals surface area contributed by atoms with Crippen LogP contribution in [0.2, 0.25) is 0 Å². The van der Waals surface area contributed by atoms with Crippen LogP contribution in [0.1, 0.15) is 16.1 Å². The third-order valence-corrected chi connectivity index (χ3v) is 2.35. The first-order valence-corrected chi connectivity index (χ1v) is 5.11. The fraction of sp³-hybridized carbons (Fsp3) is 0.154. The molecular formula is C13H12O4. The van der Waals surface area contributed by atoms with Crippen LogP contribution in [-0.2, 0) is 0 Å². The van der Waals surface area contributed by atoms with Gasteiger partial charge in [-0.05, 0) is 37.3 Å². The van der Waals surface area contributed by atoms with E-state index in [2.05, 4.69) is 0 Å². The predicted octanol–water partition coefficient (Wildman–Crippen LogP) is 2.82. The number of aryl methyl sites for hydroxylation is 1. The molecule has 0 aliphatic rings. The lowest BCUT2D eigenvalue weighted by Crippen LogP contribution is -2.08. The van der Waals surface area contributed by atoms with E-state index in [9.17, 15) is 4.79 Å². The zero-order chi connectivity index (χ0) is 12.3. The topological polar surface area (TPSA) is 48.7 Å². The third kappa shape index (κ3) is 2.47. The molecule has 0 aliphatic carbocycles. The van der Waals surface area contributed by atoms with Gasteiger partial charge in [0.25, 0.3) is 0 Å². The zero-order valence-electron chi connectivity index (χ0n) is 9.60. The SMILES string of the molecule is COc1ccc(OC(=O)c2ccoc2C)cc1. The molecule has 0 fully saturated rings. The summed E-state index contributed by atoms with van der Waals surface area (Å²) in [6, 6.07) is 8.38. The summed E-state index contributed by atoms with van der Waals surface area (Å²) >= 11 is 0. The number of carbonyl (C=O) groups excluding carboxylic acids is 1. The molecule has 17 heavy (non-hydrogen) atoms. The largest absolute Gasteiger partial charge is 0.497 e. The van der Waals surface area contributed by atoms with Gasteiger partial charge >= 0.3 is 5.97 Å². The van der Waals surface area contributed by atoms with Gasteiger partial charge in [-0.1, -0.05) is 0 Å². The molecule has 0 bridgehead atoms. The van der Waals surface area contributed by atoms with E-state index in [-0.39, 0.29) is 0 Å². The summed E-state index contributed by atoms with van der Waals surface area (Å²) in [4.78, 5) is 11.7. The summed E-state index contributed by atoms with van der Waals surface area (Å²) in [5, 5.41) is 0. The van der Waals surface area contributed by atoms with Gasteiger partial charge in [0.2, 0.25) is 0 Å². The molecule has 0 aliphatic heterocycles. The summed E-state index contributed by atoms with van der Waals surface area (Å²) in [5.74, 6) is 1.30. The Morgan fingerprint density at radius 2 is 1.76 bits per heavy atom. The highest BCUT2D eigenvalue weighted by Crippen LogP contribution is 2.19. The zero-order valence-corrected chi connectivity index (χ0v) is 9.60. The Kier molecular flexibility index (Phi) is 3.14. The van der Waals surface area contributed by atoms with Gasteiger partial charge in [0.15, 0.2) is 0 Å². The Labute approximate surface area is 98.8 Å². The third-order valence-electron chi connectivity index (χ3n) is 2.35. The summed E-state index contributed by atoms with van der Waals surface area (Å²) in [7, 11) is 1.58. The highest BCUT2D eigenvalue weighted by molar-refractivity contribution is 5.91. The number of ether oxygens (including phenoxy) is 2. The normalized spacial score (nSPS) is 10.0. The number of hydrogen-bond acceptors (Lipinski definition) is 4. The Balaban J connectivity index is 2.10. The minimum Gasteiger partial charge on any atom is -0.497 e. The van der Waals surface area contributed by atoms with Crippen LogP contribution in [0.4, 0.5) is 0 Å². The molecule has 0 N–H and O–H groups in total. The fourth-order valence-electron chi connectivity index (χ4n) is 1.40. The molecule has 0 unspecified atom stereocenters. The van der Waals surface area contributed by atoms with E-state index in [1.165, 1.54) is 6.26 Å². The van der Waals surface area contributed by atoms with Gasteiger partial charge in [0.1, 0.15) is 22.8 Å². The van der Waals surface area contributed by atoms with Gasteiger partial charge in [-0.2, -0.15) is 0 Å². The van der Waals surface area contributed by atoms with Crippen molar-refractivity contribution in [1.29, 1.82) is 0 Å². The number of benzene rings is 1. The van der Waals surface area contributed by atoms with Crippen LogP contribution in [-0.4, -0.2) is 13.1 Å². The summed E-state index contributed by atoms with van der Waals surface area (Å²) in [6.07, 6.45) is 1.46. The second kappa shape index (κ2) is 4.74. The number of carbonyl (C=O) groups is 1. The molecule has 2 aromatic rings. The maximum Gasteiger partial charge on any atom is 0.347 e. The minimum atomic E-state index is -0.429. The maximum atomic E-state index is 11.7. The number of furan rings is 1. The lowest BCUT2D eigenvalue weighted by atomic mass is 10.2. The highest BCUT2D eigenvalue weighted by Gasteiger charge is 2.13. The predicted molar refractivity (Wildman–Crippen MR) is 61.4 cm³/mol. The van der Waals surface area contributed by atoms with Gasteiger partial charge in [0, 0.05) is 0 Å². The van der Waals surface area contributed by atoms with Crippen molar-refractivity contribution in [3.8, 4) is 11.5 Å². The van der Waals surface area contributed by atoms with Crippen LogP contribution in [0.3, 0.4) is 0 Å². The van der Waals surface area contributed by atoms with Crippen molar-refractivity contribution in [2.75, 3.05) is 7.11 Å². The minimum absolute atomic E-state index is 0.429. The number of esters is 1. The van der Waals surface area contributed by atoms with Crippen LogP contribution in [0, 0.1) is 6.92 Å². The van der Waals surface area contributed by atoms with Gasteiger partial charge in [-0.25, -0.2) is 4.79 Å². The molecule has 1 aromatic heterocycles. The summed E-state index contributed by atoms with van der Waals surface area (Å²) < 4.78 is 15.2. The fourth-order valence-corrected chi connectivity index (χ4v) is 1.40. The second-order valence-electron chi connectivity index (χ2n) is 3.46. The summed E-state index contributed by atoms with van der Waals surface area (Å²) in [6.45, 7) is 1.71. The molecule has 0 saturated carbocycles. The van der Waals surface area contributed by atoms with Gasteiger partial charge in [-0.15, -0.1) is 0 Å². The van der Waals surface area contributed by atoms with E-state index >= 15 is 0 Å². The van der Waals surface area contributed by atoms with E-state index in [4.69, 9.17) is 13.9 Å². The molecule has 4 heteroatoms. The highest BCUT2D eigenvalue weighted by atomic mass is 16.5. The van der Waals surface area contributed by atoms with E-state index < -0.39 is 5.97 Å². The quantitative estimate of drug-likeness (QED) is 0.603. The van der Waals surface area contributed by atoms with Crippen LogP contribution < -0.4 is 9.47 Å². The van der Waals surface area contributed by atoms with Crippen LogP contribution in [0.5, 0.6) is 11.5 Å². The first kappa shape index (κ1) is 11.3. The van der Waals surface area contributed by atoms with E-state index in [0.29, 0.717) is 22.8 Å². The van der Waals surface area contributed by atoms with Gasteiger partial charge in [-0.3, -0.25) is 0 Å². The molecule has 88 valence electrons. The Hall–Kier alpha value is -2.23. The van der Waals surface area contributed by atoms with Crippen molar-refractivity contribution in [3.05, 3.63) is 47.9 Å². The van der Waals surface area contributed by atoms with Crippen molar-refractivity contribution >= 4 is 5.97 Å². The average Bonchev–Trinajstić information content (AvgIpc) is 2.76. The molecular weight excluding hydrogens is 220 g/mol.